The van der Waals surface area contributed by atoms with Gasteiger partial charge in [-0.05, 0) is 56.7 Å². The Morgan fingerprint density at radius 3 is 1.93 bits per heavy atom. The summed E-state index contributed by atoms with van der Waals surface area (Å²) in [6, 6.07) is 8.36. The minimum absolute atomic E-state index is 0.0143. The predicted octanol–water partition coefficient (Wildman–Crippen LogP) is 4.81. The molecule has 2 N–H and O–H groups in total. The van der Waals surface area contributed by atoms with Crippen LogP contribution in [-0.2, 0) is 0 Å². The van der Waals surface area contributed by atoms with Crippen LogP contribution in [0, 0.1) is 15.5 Å². The molecule has 0 radical (unpaired) electrons. The average Bonchev–Trinajstić information content (AvgIpc) is 2.89. The van der Waals surface area contributed by atoms with Gasteiger partial charge in [0.25, 0.3) is 22.4 Å². The third-order valence-electron chi connectivity index (χ3n) is 8.13. The molecular formula is C30H22N4O6. The van der Waals surface area contributed by atoms with E-state index in [4.69, 9.17) is 5.41 Å². The highest BCUT2D eigenvalue weighted by Gasteiger charge is 2.30. The van der Waals surface area contributed by atoms with Crippen molar-refractivity contribution in [1.82, 2.24) is 9.13 Å². The number of fused-ring (bicyclic) bond motifs is 2. The predicted molar refractivity (Wildman–Crippen MR) is 154 cm³/mol. The Labute approximate surface area is 223 Å². The number of nitro benzene ring substituents is 1. The van der Waals surface area contributed by atoms with Crippen LogP contribution in [0.4, 0.5) is 5.69 Å². The van der Waals surface area contributed by atoms with Gasteiger partial charge < -0.3 is 10.5 Å². The zero-order chi connectivity index (χ0) is 28.5. The number of hydrogen-bond acceptors (Lipinski definition) is 7. The Hall–Kier alpha value is -5.12. The van der Waals surface area contributed by atoms with E-state index in [9.17, 15) is 29.6 Å². The molecule has 0 saturated carbocycles. The molecule has 2 aliphatic rings. The number of hydrogen-bond donors (Lipinski definition) is 2. The summed E-state index contributed by atoms with van der Waals surface area (Å²) >= 11 is 0. The van der Waals surface area contributed by atoms with Crippen molar-refractivity contribution in [2.45, 2.75) is 39.8 Å². The van der Waals surface area contributed by atoms with Crippen LogP contribution in [0.5, 0.6) is 5.88 Å². The second-order valence-corrected chi connectivity index (χ2v) is 10.9. The van der Waals surface area contributed by atoms with Gasteiger partial charge in [0.05, 0.1) is 26.6 Å². The van der Waals surface area contributed by atoms with Crippen LogP contribution in [0.1, 0.15) is 39.8 Å². The standard InChI is InChI=1S/C30H22N4O6/c1-11(2)32-27(35)15-8-6-14-24-20(34(39)40)10-18-22-16(28(36)33(12(3)4)30(18)38)7-5-13(26(22)24)23-19(31)9-17(29(32)37)21(15)25(14)23/h5-12,31,38H,1-4H3. The van der Waals surface area contributed by atoms with Crippen LogP contribution in [-0.4, -0.2) is 19.2 Å². The quantitative estimate of drug-likeness (QED) is 0.144. The molecule has 10 heteroatoms. The van der Waals surface area contributed by atoms with E-state index in [2.05, 4.69) is 0 Å². The lowest BCUT2D eigenvalue weighted by atomic mass is 9.83. The molecule has 0 saturated heterocycles. The third kappa shape index (κ3) is 2.62. The molecule has 4 aromatic carbocycles. The molecule has 0 unspecified atom stereocenters. The highest BCUT2D eigenvalue weighted by Crippen LogP contribution is 2.48. The lowest BCUT2D eigenvalue weighted by molar-refractivity contribution is -0.382. The van der Waals surface area contributed by atoms with Gasteiger partial charge in [-0.15, -0.1) is 0 Å². The van der Waals surface area contributed by atoms with E-state index in [0.29, 0.717) is 37.9 Å². The lowest BCUT2D eigenvalue weighted by Crippen LogP contribution is -2.37. The molecule has 0 atom stereocenters. The van der Waals surface area contributed by atoms with Gasteiger partial charge in [0.15, 0.2) is 0 Å². The Balaban J connectivity index is 1.89. The lowest BCUT2D eigenvalue weighted by Gasteiger charge is -2.22. The van der Waals surface area contributed by atoms with Crippen molar-refractivity contribution in [2.75, 3.05) is 0 Å². The first-order chi connectivity index (χ1) is 19.0. The van der Waals surface area contributed by atoms with Crippen LogP contribution in [0.3, 0.4) is 0 Å². The molecule has 1 aliphatic heterocycles. The molecule has 5 aromatic rings. The number of aromatic hydroxyl groups is 1. The Morgan fingerprint density at radius 1 is 0.725 bits per heavy atom. The summed E-state index contributed by atoms with van der Waals surface area (Å²) in [5.74, 6) is -0.369. The fraction of sp³-hybridized carbons (Fsp3) is 0.200. The first-order valence-corrected chi connectivity index (χ1v) is 12.9. The number of nitrogens with one attached hydrogen (secondary N) is 1. The van der Waals surface area contributed by atoms with E-state index >= 15 is 0 Å². The molecule has 1 aromatic heterocycles. The number of non-ortho nitro benzene ring substituents is 1. The number of nitrogens with zero attached hydrogens (tertiary/aromatic N) is 3. The van der Waals surface area contributed by atoms with E-state index in [0.717, 1.165) is 4.57 Å². The fourth-order valence-corrected chi connectivity index (χ4v) is 6.59. The summed E-state index contributed by atoms with van der Waals surface area (Å²) in [6.07, 6.45) is 0. The summed E-state index contributed by atoms with van der Waals surface area (Å²) < 4.78 is 2.37. The molecule has 7 rings (SSSR count). The topological polar surface area (TPSA) is 148 Å². The number of rotatable bonds is 3. The summed E-state index contributed by atoms with van der Waals surface area (Å²) in [6.45, 7) is 6.95. The van der Waals surface area contributed by atoms with E-state index in [1.807, 2.05) is 0 Å². The zero-order valence-electron chi connectivity index (χ0n) is 21.9. The van der Waals surface area contributed by atoms with Crippen molar-refractivity contribution < 1.29 is 10.0 Å². The summed E-state index contributed by atoms with van der Waals surface area (Å²) in [5.41, 5.74) is -1.15. The first kappa shape index (κ1) is 24.0. The normalized spacial score (nSPS) is 12.7. The Bertz CT molecular complexity index is 2460. The number of benzene rings is 5. The maximum absolute atomic E-state index is 13.5. The van der Waals surface area contributed by atoms with Gasteiger partial charge in [-0.3, -0.25) is 33.6 Å². The second kappa shape index (κ2) is 7.50. The molecule has 0 bridgehead atoms. The molecule has 0 fully saturated rings. The van der Waals surface area contributed by atoms with Crippen LogP contribution in [0.25, 0.3) is 65.0 Å². The van der Waals surface area contributed by atoms with E-state index in [-0.39, 0.29) is 44.0 Å². The van der Waals surface area contributed by atoms with Gasteiger partial charge in [0.2, 0.25) is 5.88 Å². The monoisotopic (exact) mass is 534 g/mol. The van der Waals surface area contributed by atoms with Gasteiger partial charge in [-0.25, -0.2) is 0 Å². The average molecular weight is 535 g/mol. The van der Waals surface area contributed by atoms with E-state index in [1.54, 1.807) is 52.0 Å². The Morgan fingerprint density at radius 2 is 1.30 bits per heavy atom. The number of pyridine rings is 2. The number of nitro groups is 1. The highest BCUT2D eigenvalue weighted by molar-refractivity contribution is 6.39. The van der Waals surface area contributed by atoms with E-state index in [1.165, 1.54) is 16.7 Å². The maximum atomic E-state index is 13.5. The van der Waals surface area contributed by atoms with Gasteiger partial charge >= 0.3 is 0 Å². The molecule has 40 heavy (non-hydrogen) atoms. The van der Waals surface area contributed by atoms with Crippen LogP contribution in [0.2, 0.25) is 0 Å². The first-order valence-electron chi connectivity index (χ1n) is 12.9. The van der Waals surface area contributed by atoms with E-state index < -0.39 is 33.7 Å². The van der Waals surface area contributed by atoms with Crippen molar-refractivity contribution in [1.29, 1.82) is 5.41 Å². The van der Waals surface area contributed by atoms with Crippen molar-refractivity contribution in [3.63, 3.8) is 0 Å². The summed E-state index contributed by atoms with van der Waals surface area (Å²) in [4.78, 5) is 52.4. The van der Waals surface area contributed by atoms with Crippen LogP contribution < -0.4 is 22.0 Å². The SMILES string of the molecule is CC(C)n1c(O)c2cc([N+](=O)[O-])c3c4ccc5c6c4c(c(=N)cc-6c(=O)n(C(C)C)c5=O)c4ccc(c1=O)c2c43. The molecule has 0 spiro atoms. The molecule has 198 valence electrons. The largest absolute Gasteiger partial charge is 0.494 e. The summed E-state index contributed by atoms with van der Waals surface area (Å²) in [7, 11) is 0. The zero-order valence-corrected chi connectivity index (χ0v) is 21.9. The second-order valence-electron chi connectivity index (χ2n) is 10.9. The number of aromatic nitrogens is 2. The van der Waals surface area contributed by atoms with Gasteiger partial charge in [0.1, 0.15) is 0 Å². The fourth-order valence-electron chi connectivity index (χ4n) is 6.59. The minimum Gasteiger partial charge on any atom is -0.494 e. The third-order valence-corrected chi connectivity index (χ3v) is 8.13. The Kier molecular flexibility index (Phi) is 4.49. The van der Waals surface area contributed by atoms with Gasteiger partial charge in [-0.2, -0.15) is 0 Å². The molecule has 1 aliphatic carbocycles. The van der Waals surface area contributed by atoms with Crippen molar-refractivity contribution in [2.24, 2.45) is 0 Å². The van der Waals surface area contributed by atoms with Crippen LogP contribution in [0.15, 0.2) is 50.8 Å². The smallest absolute Gasteiger partial charge is 0.278 e. The van der Waals surface area contributed by atoms with Gasteiger partial charge in [0, 0.05) is 56.0 Å². The summed E-state index contributed by atoms with van der Waals surface area (Å²) in [5, 5.41) is 36.1. The maximum Gasteiger partial charge on any atom is 0.278 e. The van der Waals surface area contributed by atoms with Crippen LogP contribution >= 0.6 is 0 Å². The van der Waals surface area contributed by atoms with Crippen molar-refractivity contribution >= 4 is 59.5 Å². The van der Waals surface area contributed by atoms with Crippen molar-refractivity contribution in [3.05, 3.63) is 82.9 Å². The minimum atomic E-state index is -0.538. The molecule has 0 amide bonds. The van der Waals surface area contributed by atoms with Gasteiger partial charge in [-0.1, -0.05) is 12.1 Å². The molecule has 2 heterocycles. The van der Waals surface area contributed by atoms with Crippen molar-refractivity contribution in [3.8, 4) is 17.0 Å². The highest BCUT2D eigenvalue weighted by atomic mass is 16.6. The molecule has 10 nitrogen and oxygen atoms in total. The molecular weight excluding hydrogens is 512 g/mol.